The lowest BCUT2D eigenvalue weighted by atomic mass is 9.87. The molecule has 6 heteroatoms. The average Bonchev–Trinajstić information content (AvgIpc) is 3.06. The number of nitrogens with one attached hydrogen (secondary N) is 1. The topological polar surface area (TPSA) is 60.5 Å². The highest BCUT2D eigenvalue weighted by Gasteiger charge is 2.13. The molecule has 0 bridgehead atoms. The molecule has 154 valence electrons. The summed E-state index contributed by atoms with van der Waals surface area (Å²) in [4.78, 5) is 16.7. The molecule has 1 amide bonds. The number of nitrogens with zero attached hydrogens (tertiary/aromatic N) is 1. The third kappa shape index (κ3) is 5.94. The third-order valence-electron chi connectivity index (χ3n) is 4.45. The Kier molecular flexibility index (Phi) is 6.75. The van der Waals surface area contributed by atoms with Gasteiger partial charge in [0, 0.05) is 6.42 Å². The number of thiazole rings is 1. The lowest BCUT2D eigenvalue weighted by Crippen LogP contribution is -2.13. The Morgan fingerprint density at radius 1 is 1.07 bits per heavy atom. The van der Waals surface area contributed by atoms with Crippen molar-refractivity contribution in [3.8, 4) is 11.5 Å². The summed E-state index contributed by atoms with van der Waals surface area (Å²) in [7, 11) is 0. The Labute approximate surface area is 176 Å². The molecule has 29 heavy (non-hydrogen) atoms. The van der Waals surface area contributed by atoms with Gasteiger partial charge in [0.1, 0.15) is 11.5 Å². The van der Waals surface area contributed by atoms with Gasteiger partial charge in [-0.3, -0.25) is 4.79 Å². The zero-order valence-electron chi connectivity index (χ0n) is 17.5. The van der Waals surface area contributed by atoms with E-state index >= 15 is 0 Å². The van der Waals surface area contributed by atoms with E-state index in [1.54, 1.807) is 0 Å². The van der Waals surface area contributed by atoms with Crippen LogP contribution in [-0.4, -0.2) is 24.1 Å². The molecule has 1 N–H and O–H groups in total. The molecular formula is C23H28N2O3S. The number of carbonyl (C=O) groups excluding carboxylic acids is 1. The number of benzene rings is 2. The fourth-order valence-corrected chi connectivity index (χ4v) is 3.78. The summed E-state index contributed by atoms with van der Waals surface area (Å²) in [6.45, 7) is 9.63. The van der Waals surface area contributed by atoms with E-state index in [-0.39, 0.29) is 11.3 Å². The highest BCUT2D eigenvalue weighted by atomic mass is 32.1. The molecule has 0 saturated heterocycles. The minimum Gasteiger partial charge on any atom is -0.494 e. The van der Waals surface area contributed by atoms with Crippen molar-refractivity contribution in [2.24, 2.45) is 0 Å². The van der Waals surface area contributed by atoms with Gasteiger partial charge in [-0.2, -0.15) is 0 Å². The first-order chi connectivity index (χ1) is 13.8. The molecule has 0 aliphatic carbocycles. The van der Waals surface area contributed by atoms with Crippen LogP contribution < -0.4 is 14.8 Å². The van der Waals surface area contributed by atoms with Crippen molar-refractivity contribution in [1.29, 1.82) is 0 Å². The molecule has 3 aromatic rings. The Bertz CT molecular complexity index is 958. The molecule has 0 fully saturated rings. The van der Waals surface area contributed by atoms with E-state index in [9.17, 15) is 4.79 Å². The van der Waals surface area contributed by atoms with Crippen molar-refractivity contribution in [2.45, 2.75) is 46.0 Å². The van der Waals surface area contributed by atoms with Crippen LogP contribution in [0.4, 0.5) is 5.13 Å². The largest absolute Gasteiger partial charge is 0.494 e. The van der Waals surface area contributed by atoms with Gasteiger partial charge in [0.25, 0.3) is 0 Å². The second-order valence-corrected chi connectivity index (χ2v) is 8.89. The van der Waals surface area contributed by atoms with Crippen LogP contribution in [0.25, 0.3) is 10.2 Å². The smallest absolute Gasteiger partial charge is 0.226 e. The number of rotatable bonds is 8. The molecule has 2 aromatic carbocycles. The van der Waals surface area contributed by atoms with Gasteiger partial charge in [-0.05, 0) is 54.7 Å². The van der Waals surface area contributed by atoms with Crippen LogP contribution in [-0.2, 0) is 10.2 Å². The number of fused-ring (bicyclic) bond motifs is 1. The molecule has 0 radical (unpaired) electrons. The van der Waals surface area contributed by atoms with Gasteiger partial charge in [0.2, 0.25) is 5.91 Å². The molecule has 0 aliphatic rings. The molecule has 0 saturated carbocycles. The van der Waals surface area contributed by atoms with Crippen molar-refractivity contribution >= 4 is 32.6 Å². The van der Waals surface area contributed by atoms with Crippen molar-refractivity contribution in [3.05, 3.63) is 48.0 Å². The van der Waals surface area contributed by atoms with E-state index in [1.165, 1.54) is 16.9 Å². The van der Waals surface area contributed by atoms with Crippen LogP contribution in [0.1, 0.15) is 46.1 Å². The van der Waals surface area contributed by atoms with Gasteiger partial charge in [0.15, 0.2) is 5.13 Å². The lowest BCUT2D eigenvalue weighted by molar-refractivity contribution is -0.116. The quantitative estimate of drug-likeness (QED) is 0.476. The van der Waals surface area contributed by atoms with Crippen LogP contribution in [0.15, 0.2) is 42.5 Å². The van der Waals surface area contributed by atoms with Crippen molar-refractivity contribution < 1.29 is 14.3 Å². The highest BCUT2D eigenvalue weighted by Crippen LogP contribution is 2.29. The number of hydrogen-bond acceptors (Lipinski definition) is 5. The normalized spacial score (nSPS) is 11.4. The third-order valence-corrected chi connectivity index (χ3v) is 5.39. The second-order valence-electron chi connectivity index (χ2n) is 7.86. The molecule has 1 heterocycles. The molecule has 0 aliphatic heterocycles. The van der Waals surface area contributed by atoms with Crippen molar-refractivity contribution in [2.75, 3.05) is 18.5 Å². The summed E-state index contributed by atoms with van der Waals surface area (Å²) >= 11 is 1.45. The van der Waals surface area contributed by atoms with E-state index in [0.29, 0.717) is 31.2 Å². The lowest BCUT2D eigenvalue weighted by Gasteiger charge is -2.19. The van der Waals surface area contributed by atoms with E-state index in [0.717, 1.165) is 21.7 Å². The van der Waals surface area contributed by atoms with E-state index in [4.69, 9.17) is 9.47 Å². The zero-order chi connectivity index (χ0) is 20.9. The molecule has 3 rings (SSSR count). The van der Waals surface area contributed by atoms with Crippen molar-refractivity contribution in [3.63, 3.8) is 0 Å². The Morgan fingerprint density at radius 3 is 2.48 bits per heavy atom. The first-order valence-corrected chi connectivity index (χ1v) is 10.7. The van der Waals surface area contributed by atoms with E-state index < -0.39 is 0 Å². The van der Waals surface area contributed by atoms with Crippen LogP contribution in [0.5, 0.6) is 11.5 Å². The second kappa shape index (κ2) is 9.27. The fraction of sp³-hybridized carbons (Fsp3) is 0.391. The first kappa shape index (κ1) is 21.1. The standard InChI is InChI=1S/C23H28N2O3S/c1-5-27-18-12-13-19-20(15-18)29-22(24-19)25-21(26)7-6-14-28-17-10-8-16(9-11-17)23(2,3)4/h8-13,15H,5-7,14H2,1-4H3,(H,24,25,26). The van der Waals surface area contributed by atoms with Gasteiger partial charge in [0.05, 0.1) is 23.4 Å². The van der Waals surface area contributed by atoms with Gasteiger partial charge >= 0.3 is 0 Å². The maximum Gasteiger partial charge on any atom is 0.226 e. The van der Waals surface area contributed by atoms with E-state index in [2.05, 4.69) is 43.2 Å². The summed E-state index contributed by atoms with van der Waals surface area (Å²) in [5.74, 6) is 1.59. The van der Waals surface area contributed by atoms with Crippen LogP contribution in [0, 0.1) is 0 Å². The van der Waals surface area contributed by atoms with Crippen LogP contribution in [0.3, 0.4) is 0 Å². The summed E-state index contributed by atoms with van der Waals surface area (Å²) in [5, 5.41) is 3.49. The predicted octanol–water partition coefficient (Wildman–Crippen LogP) is 5.79. The fourth-order valence-electron chi connectivity index (χ4n) is 2.87. The number of ether oxygens (including phenoxy) is 2. The average molecular weight is 413 g/mol. The van der Waals surface area contributed by atoms with Gasteiger partial charge in [-0.25, -0.2) is 4.98 Å². The number of aromatic nitrogens is 1. The number of anilines is 1. The molecule has 0 spiro atoms. The summed E-state index contributed by atoms with van der Waals surface area (Å²) in [6.07, 6.45) is 1.03. The molecule has 0 unspecified atom stereocenters. The maximum atomic E-state index is 12.2. The van der Waals surface area contributed by atoms with Gasteiger partial charge < -0.3 is 14.8 Å². The monoisotopic (exact) mass is 412 g/mol. The highest BCUT2D eigenvalue weighted by molar-refractivity contribution is 7.22. The Hall–Kier alpha value is -2.60. The number of hydrogen-bond donors (Lipinski definition) is 1. The summed E-state index contributed by atoms with van der Waals surface area (Å²) in [6, 6.07) is 13.9. The van der Waals surface area contributed by atoms with Gasteiger partial charge in [-0.15, -0.1) is 0 Å². The SMILES string of the molecule is CCOc1ccc2nc(NC(=O)CCCOc3ccc(C(C)(C)C)cc3)sc2c1. The maximum absolute atomic E-state index is 12.2. The molecular weight excluding hydrogens is 384 g/mol. The summed E-state index contributed by atoms with van der Waals surface area (Å²) in [5.41, 5.74) is 2.26. The zero-order valence-corrected chi connectivity index (χ0v) is 18.3. The van der Waals surface area contributed by atoms with E-state index in [1.807, 2.05) is 37.3 Å². The molecule has 5 nitrogen and oxygen atoms in total. The Morgan fingerprint density at radius 2 is 1.79 bits per heavy atom. The predicted molar refractivity (Wildman–Crippen MR) is 119 cm³/mol. The van der Waals surface area contributed by atoms with Crippen LogP contribution >= 0.6 is 11.3 Å². The van der Waals surface area contributed by atoms with Gasteiger partial charge in [-0.1, -0.05) is 44.2 Å². The molecule has 0 atom stereocenters. The number of carbonyl (C=O) groups is 1. The molecule has 1 aromatic heterocycles. The minimum atomic E-state index is -0.0548. The van der Waals surface area contributed by atoms with Crippen LogP contribution in [0.2, 0.25) is 0 Å². The summed E-state index contributed by atoms with van der Waals surface area (Å²) < 4.78 is 12.3. The number of amides is 1. The minimum absolute atomic E-state index is 0.0548. The Balaban J connectivity index is 1.44. The van der Waals surface area contributed by atoms with Crippen molar-refractivity contribution in [1.82, 2.24) is 4.98 Å². The first-order valence-electron chi connectivity index (χ1n) is 9.92.